The van der Waals surface area contributed by atoms with E-state index in [4.69, 9.17) is 10.5 Å². The Balaban J connectivity index is 2.57. The summed E-state index contributed by atoms with van der Waals surface area (Å²) in [5, 5.41) is 3.14. The van der Waals surface area contributed by atoms with Crippen molar-refractivity contribution in [1.29, 1.82) is 0 Å². The van der Waals surface area contributed by atoms with E-state index >= 15 is 0 Å². The molecule has 0 radical (unpaired) electrons. The smallest absolute Gasteiger partial charge is 0.149 e. The number of anilines is 1. The van der Waals surface area contributed by atoms with Gasteiger partial charge in [-0.25, -0.2) is 4.98 Å². The number of rotatable bonds is 5. The molecule has 0 aliphatic rings. The number of methoxy groups -OCH3 is 1. The van der Waals surface area contributed by atoms with Crippen LogP contribution >= 0.6 is 0 Å². The number of nitrogens with two attached hydrogens (primary N) is 1. The second-order valence-electron chi connectivity index (χ2n) is 2.98. The molecule has 0 saturated heterocycles. The molecule has 1 aromatic heterocycles. The third-order valence-electron chi connectivity index (χ3n) is 1.93. The number of nitrogens with one attached hydrogen (secondary N) is 1. The molecule has 1 unspecified atom stereocenters. The van der Waals surface area contributed by atoms with E-state index in [2.05, 4.69) is 15.3 Å². The molecule has 5 nitrogen and oxygen atoms in total. The minimum absolute atomic E-state index is 0.141. The maximum absolute atomic E-state index is 5.52. The maximum Gasteiger partial charge on any atom is 0.149 e. The van der Waals surface area contributed by atoms with E-state index in [1.54, 1.807) is 19.5 Å². The molecule has 0 aromatic carbocycles. The molecule has 1 aromatic rings. The lowest BCUT2D eigenvalue weighted by Crippen LogP contribution is -2.20. The van der Waals surface area contributed by atoms with Crippen LogP contribution in [0.3, 0.4) is 0 Å². The molecule has 1 heterocycles. The highest BCUT2D eigenvalue weighted by Crippen LogP contribution is 2.06. The van der Waals surface area contributed by atoms with Crippen molar-refractivity contribution in [3.8, 4) is 0 Å². The Hall–Kier alpha value is -1.20. The Kier molecular flexibility index (Phi) is 4.28. The lowest BCUT2D eigenvalue weighted by Gasteiger charge is -2.12. The minimum atomic E-state index is 0.141. The standard InChI is InChI=1S/C9H16N4O/c1-7(14-2)6-13-9-8(5-10)11-3-4-12-9/h3-4,7H,5-6,10H2,1-2H3,(H,12,13). The number of aromatic nitrogens is 2. The van der Waals surface area contributed by atoms with Crippen LogP contribution in [-0.2, 0) is 11.3 Å². The lowest BCUT2D eigenvalue weighted by atomic mass is 10.3. The van der Waals surface area contributed by atoms with Crippen molar-refractivity contribution in [2.45, 2.75) is 19.6 Å². The fourth-order valence-electron chi connectivity index (χ4n) is 0.988. The van der Waals surface area contributed by atoms with Crippen molar-refractivity contribution in [2.75, 3.05) is 19.0 Å². The monoisotopic (exact) mass is 196 g/mol. The van der Waals surface area contributed by atoms with Gasteiger partial charge in [0.05, 0.1) is 11.8 Å². The van der Waals surface area contributed by atoms with Crippen molar-refractivity contribution in [3.63, 3.8) is 0 Å². The number of ether oxygens (including phenoxy) is 1. The molecule has 5 heteroatoms. The van der Waals surface area contributed by atoms with Crippen molar-refractivity contribution in [2.24, 2.45) is 5.73 Å². The van der Waals surface area contributed by atoms with Gasteiger partial charge < -0.3 is 15.8 Å². The molecule has 1 rings (SSSR count). The van der Waals surface area contributed by atoms with Crippen molar-refractivity contribution < 1.29 is 4.74 Å². The molecule has 0 bridgehead atoms. The van der Waals surface area contributed by atoms with Gasteiger partial charge in [-0.15, -0.1) is 0 Å². The zero-order chi connectivity index (χ0) is 10.4. The summed E-state index contributed by atoms with van der Waals surface area (Å²) in [4.78, 5) is 8.26. The highest BCUT2D eigenvalue weighted by atomic mass is 16.5. The average molecular weight is 196 g/mol. The number of nitrogens with zero attached hydrogens (tertiary/aromatic N) is 2. The molecular weight excluding hydrogens is 180 g/mol. The predicted molar refractivity (Wildman–Crippen MR) is 54.9 cm³/mol. The van der Waals surface area contributed by atoms with Crippen LogP contribution in [0.5, 0.6) is 0 Å². The van der Waals surface area contributed by atoms with Crippen LogP contribution in [0.1, 0.15) is 12.6 Å². The second kappa shape index (κ2) is 5.51. The summed E-state index contributed by atoms with van der Waals surface area (Å²) in [6.45, 7) is 3.06. The van der Waals surface area contributed by atoms with Gasteiger partial charge in [-0.05, 0) is 6.92 Å². The Labute approximate surface area is 83.7 Å². The summed E-state index contributed by atoms with van der Waals surface area (Å²) in [5.74, 6) is 0.735. The Morgan fingerprint density at radius 2 is 2.21 bits per heavy atom. The molecule has 0 spiro atoms. The molecule has 1 atom stereocenters. The summed E-state index contributed by atoms with van der Waals surface area (Å²) < 4.78 is 5.10. The molecular formula is C9H16N4O. The van der Waals surface area contributed by atoms with E-state index in [1.165, 1.54) is 0 Å². The van der Waals surface area contributed by atoms with Gasteiger partial charge in [0.1, 0.15) is 5.82 Å². The van der Waals surface area contributed by atoms with Crippen LogP contribution in [0, 0.1) is 0 Å². The normalized spacial score (nSPS) is 12.5. The molecule has 3 N–H and O–H groups in total. The molecule has 0 aliphatic carbocycles. The van der Waals surface area contributed by atoms with E-state index in [9.17, 15) is 0 Å². The fraction of sp³-hybridized carbons (Fsp3) is 0.556. The van der Waals surface area contributed by atoms with E-state index in [0.29, 0.717) is 13.1 Å². The summed E-state index contributed by atoms with van der Waals surface area (Å²) in [5.41, 5.74) is 6.29. The summed E-state index contributed by atoms with van der Waals surface area (Å²) in [7, 11) is 1.67. The molecule has 0 aliphatic heterocycles. The largest absolute Gasteiger partial charge is 0.380 e. The first-order chi connectivity index (χ1) is 6.77. The van der Waals surface area contributed by atoms with E-state index in [-0.39, 0.29) is 6.10 Å². The van der Waals surface area contributed by atoms with Crippen LogP contribution in [0.4, 0.5) is 5.82 Å². The zero-order valence-electron chi connectivity index (χ0n) is 8.53. The van der Waals surface area contributed by atoms with Gasteiger partial charge in [-0.2, -0.15) is 0 Å². The third-order valence-corrected chi connectivity index (χ3v) is 1.93. The van der Waals surface area contributed by atoms with Gasteiger partial charge in [-0.3, -0.25) is 4.98 Å². The van der Waals surface area contributed by atoms with Crippen LogP contribution < -0.4 is 11.1 Å². The SMILES string of the molecule is COC(C)CNc1nccnc1CN. The maximum atomic E-state index is 5.52. The van der Waals surface area contributed by atoms with E-state index in [1.807, 2.05) is 6.92 Å². The Bertz CT molecular complexity index is 279. The van der Waals surface area contributed by atoms with E-state index in [0.717, 1.165) is 11.5 Å². The Morgan fingerprint density at radius 3 is 2.86 bits per heavy atom. The van der Waals surface area contributed by atoms with Gasteiger partial charge in [0.25, 0.3) is 0 Å². The summed E-state index contributed by atoms with van der Waals surface area (Å²) >= 11 is 0. The molecule has 78 valence electrons. The van der Waals surface area contributed by atoms with Crippen molar-refractivity contribution >= 4 is 5.82 Å². The van der Waals surface area contributed by atoms with Crippen LogP contribution in [0.15, 0.2) is 12.4 Å². The Morgan fingerprint density at radius 1 is 1.50 bits per heavy atom. The van der Waals surface area contributed by atoms with Gasteiger partial charge in [0.2, 0.25) is 0 Å². The third kappa shape index (κ3) is 2.93. The molecule has 0 saturated carbocycles. The van der Waals surface area contributed by atoms with Crippen LogP contribution in [0.2, 0.25) is 0 Å². The topological polar surface area (TPSA) is 73.1 Å². The highest BCUT2D eigenvalue weighted by Gasteiger charge is 2.04. The lowest BCUT2D eigenvalue weighted by molar-refractivity contribution is 0.128. The zero-order valence-corrected chi connectivity index (χ0v) is 8.53. The van der Waals surface area contributed by atoms with Crippen molar-refractivity contribution in [3.05, 3.63) is 18.1 Å². The first kappa shape index (κ1) is 10.9. The molecule has 0 amide bonds. The number of hydrogen-bond acceptors (Lipinski definition) is 5. The van der Waals surface area contributed by atoms with Gasteiger partial charge in [0, 0.05) is 32.6 Å². The fourth-order valence-corrected chi connectivity index (χ4v) is 0.988. The quantitative estimate of drug-likeness (QED) is 0.712. The van der Waals surface area contributed by atoms with E-state index < -0.39 is 0 Å². The average Bonchev–Trinajstić information content (AvgIpc) is 2.26. The summed E-state index contributed by atoms with van der Waals surface area (Å²) in [6, 6.07) is 0. The van der Waals surface area contributed by atoms with Gasteiger partial charge in [-0.1, -0.05) is 0 Å². The molecule has 0 fully saturated rings. The first-order valence-corrected chi connectivity index (χ1v) is 4.54. The number of hydrogen-bond donors (Lipinski definition) is 2. The van der Waals surface area contributed by atoms with Crippen LogP contribution in [0.25, 0.3) is 0 Å². The summed E-state index contributed by atoms with van der Waals surface area (Å²) in [6.07, 6.45) is 3.41. The highest BCUT2D eigenvalue weighted by molar-refractivity contribution is 5.39. The first-order valence-electron chi connectivity index (χ1n) is 4.54. The van der Waals surface area contributed by atoms with Crippen molar-refractivity contribution in [1.82, 2.24) is 9.97 Å². The molecule has 14 heavy (non-hydrogen) atoms. The minimum Gasteiger partial charge on any atom is -0.380 e. The predicted octanol–water partition coefficient (Wildman–Crippen LogP) is 0.382. The second-order valence-corrected chi connectivity index (χ2v) is 2.98. The van der Waals surface area contributed by atoms with Crippen LogP contribution in [-0.4, -0.2) is 29.7 Å². The van der Waals surface area contributed by atoms with Gasteiger partial charge in [0.15, 0.2) is 0 Å². The van der Waals surface area contributed by atoms with Gasteiger partial charge >= 0.3 is 0 Å².